The molecule has 0 saturated carbocycles. The number of carbonyl (C=O) groups excluding carboxylic acids is 1. The normalized spacial score (nSPS) is 12.3. The summed E-state index contributed by atoms with van der Waals surface area (Å²) in [6.07, 6.45) is 0. The van der Waals surface area contributed by atoms with Crippen LogP contribution < -0.4 is 26.0 Å². The summed E-state index contributed by atoms with van der Waals surface area (Å²) >= 11 is 1.25. The molecule has 0 bridgehead atoms. The van der Waals surface area contributed by atoms with Gasteiger partial charge in [0.1, 0.15) is 11.2 Å². The number of rotatable bonds is 5. The second-order valence-electron chi connectivity index (χ2n) is 7.90. The van der Waals surface area contributed by atoms with Crippen molar-refractivity contribution in [3.8, 4) is 11.5 Å². The van der Waals surface area contributed by atoms with Crippen LogP contribution in [0.2, 0.25) is 0 Å². The third-order valence-electron chi connectivity index (χ3n) is 5.66. The Morgan fingerprint density at radius 3 is 2.58 bits per heavy atom. The molecule has 0 spiro atoms. The number of nitrogens with zero attached hydrogens (tertiary/aromatic N) is 2. The minimum Gasteiger partial charge on any atom is -0.454 e. The van der Waals surface area contributed by atoms with Crippen LogP contribution in [0.15, 0.2) is 57.4 Å². The van der Waals surface area contributed by atoms with Crippen molar-refractivity contribution in [1.82, 2.24) is 9.13 Å². The zero-order valence-electron chi connectivity index (χ0n) is 18.1. The van der Waals surface area contributed by atoms with Crippen molar-refractivity contribution in [3.63, 3.8) is 0 Å². The van der Waals surface area contributed by atoms with E-state index in [1.54, 1.807) is 29.6 Å². The van der Waals surface area contributed by atoms with Gasteiger partial charge in [-0.05, 0) is 54.1 Å². The molecule has 1 N–H and O–H groups in total. The average Bonchev–Trinajstić information content (AvgIpc) is 3.46. The van der Waals surface area contributed by atoms with Crippen molar-refractivity contribution in [2.45, 2.75) is 26.9 Å². The van der Waals surface area contributed by atoms with Gasteiger partial charge < -0.3 is 14.8 Å². The van der Waals surface area contributed by atoms with Crippen molar-refractivity contribution in [1.29, 1.82) is 0 Å². The Bertz CT molecular complexity index is 1490. The number of hydrogen-bond donors (Lipinski definition) is 1. The number of aryl methyl sites for hydroxylation is 2. The van der Waals surface area contributed by atoms with E-state index in [1.165, 1.54) is 15.9 Å². The van der Waals surface area contributed by atoms with Crippen LogP contribution in [0.3, 0.4) is 0 Å². The lowest BCUT2D eigenvalue weighted by atomic mass is 10.1. The van der Waals surface area contributed by atoms with Gasteiger partial charge in [-0.15, -0.1) is 11.3 Å². The van der Waals surface area contributed by atoms with E-state index in [9.17, 15) is 14.4 Å². The molecule has 1 amide bonds. The number of hydrogen-bond acceptors (Lipinski definition) is 6. The van der Waals surface area contributed by atoms with Gasteiger partial charge in [0.2, 0.25) is 12.7 Å². The Balaban J connectivity index is 1.51. The van der Waals surface area contributed by atoms with Crippen molar-refractivity contribution in [2.24, 2.45) is 0 Å². The summed E-state index contributed by atoms with van der Waals surface area (Å²) in [5.41, 5.74) is 2.85. The van der Waals surface area contributed by atoms with Crippen molar-refractivity contribution in [2.75, 3.05) is 12.1 Å². The summed E-state index contributed by atoms with van der Waals surface area (Å²) < 4.78 is 13.7. The molecule has 3 heterocycles. The van der Waals surface area contributed by atoms with Crippen LogP contribution in [-0.4, -0.2) is 21.8 Å². The highest BCUT2D eigenvalue weighted by atomic mass is 32.1. The van der Waals surface area contributed by atoms with Crippen LogP contribution in [0.1, 0.15) is 16.7 Å². The number of thiophene rings is 1. The van der Waals surface area contributed by atoms with Crippen LogP contribution in [0.5, 0.6) is 11.5 Å². The third-order valence-corrected chi connectivity index (χ3v) is 6.55. The Labute approximate surface area is 192 Å². The molecule has 33 heavy (non-hydrogen) atoms. The fourth-order valence-electron chi connectivity index (χ4n) is 3.98. The van der Waals surface area contributed by atoms with Crippen LogP contribution in [0, 0.1) is 13.8 Å². The van der Waals surface area contributed by atoms with E-state index in [4.69, 9.17) is 9.47 Å². The molecule has 9 heteroatoms. The van der Waals surface area contributed by atoms with Gasteiger partial charge in [-0.25, -0.2) is 4.79 Å². The number of benzene rings is 2. The number of nitrogens with one attached hydrogen (secondary N) is 1. The van der Waals surface area contributed by atoms with Crippen LogP contribution >= 0.6 is 11.3 Å². The van der Waals surface area contributed by atoms with Gasteiger partial charge in [-0.3, -0.25) is 18.7 Å². The maximum Gasteiger partial charge on any atom is 0.332 e. The molecule has 8 nitrogen and oxygen atoms in total. The fraction of sp³-hybridized carbons (Fsp3) is 0.208. The van der Waals surface area contributed by atoms with Crippen molar-refractivity contribution >= 4 is 33.1 Å². The summed E-state index contributed by atoms with van der Waals surface area (Å²) in [5.74, 6) is 0.863. The van der Waals surface area contributed by atoms with Gasteiger partial charge >= 0.3 is 5.69 Å². The number of ether oxygens (including phenoxy) is 2. The zero-order chi connectivity index (χ0) is 23.1. The van der Waals surface area contributed by atoms with Gasteiger partial charge in [0, 0.05) is 5.69 Å². The van der Waals surface area contributed by atoms with Crippen LogP contribution in [-0.2, 0) is 17.9 Å². The highest BCUT2D eigenvalue weighted by molar-refractivity contribution is 7.17. The summed E-state index contributed by atoms with van der Waals surface area (Å²) in [4.78, 5) is 39.3. The number of carbonyl (C=O) groups is 1. The largest absolute Gasteiger partial charge is 0.454 e. The third kappa shape index (κ3) is 3.80. The average molecular weight is 464 g/mol. The van der Waals surface area contributed by atoms with E-state index in [1.807, 2.05) is 32.0 Å². The molecular weight excluding hydrogens is 442 g/mol. The van der Waals surface area contributed by atoms with Gasteiger partial charge in [-0.2, -0.15) is 0 Å². The summed E-state index contributed by atoms with van der Waals surface area (Å²) in [6, 6.07) is 12.7. The SMILES string of the molecule is Cc1cccc(C)c1NC(=O)Cn1c(=O)n(Cc2ccc3c(c2)OCO3)c(=O)c2sccc21. The van der Waals surface area contributed by atoms with E-state index in [0.29, 0.717) is 21.7 Å². The Hall–Kier alpha value is -3.85. The predicted octanol–water partition coefficient (Wildman–Crippen LogP) is 3.26. The molecular formula is C24H21N3O5S. The molecule has 1 aliphatic heterocycles. The first kappa shape index (κ1) is 21.0. The summed E-state index contributed by atoms with van der Waals surface area (Å²) in [7, 11) is 0. The summed E-state index contributed by atoms with van der Waals surface area (Å²) in [6.45, 7) is 3.82. The lowest BCUT2D eigenvalue weighted by molar-refractivity contribution is -0.116. The first-order chi connectivity index (χ1) is 15.9. The molecule has 0 radical (unpaired) electrons. The first-order valence-electron chi connectivity index (χ1n) is 10.4. The van der Waals surface area contributed by atoms with Crippen molar-refractivity contribution < 1.29 is 14.3 Å². The highest BCUT2D eigenvalue weighted by Crippen LogP contribution is 2.32. The molecule has 0 saturated heterocycles. The summed E-state index contributed by atoms with van der Waals surface area (Å²) in [5, 5.41) is 4.66. The van der Waals surface area contributed by atoms with Gasteiger partial charge in [0.25, 0.3) is 5.56 Å². The quantitative estimate of drug-likeness (QED) is 0.491. The molecule has 0 unspecified atom stereocenters. The molecule has 0 atom stereocenters. The Morgan fingerprint density at radius 1 is 1.03 bits per heavy atom. The maximum atomic E-state index is 13.4. The maximum absolute atomic E-state index is 13.4. The minimum absolute atomic E-state index is 0.0562. The monoisotopic (exact) mass is 463 g/mol. The van der Waals surface area contributed by atoms with E-state index in [-0.39, 0.29) is 31.3 Å². The van der Waals surface area contributed by atoms with Gasteiger partial charge in [0.05, 0.1) is 12.1 Å². The number of fused-ring (bicyclic) bond motifs is 2. The van der Waals surface area contributed by atoms with E-state index >= 15 is 0 Å². The van der Waals surface area contributed by atoms with Crippen LogP contribution in [0.25, 0.3) is 10.2 Å². The molecule has 4 aromatic rings. The number of aromatic nitrogens is 2. The molecule has 2 aromatic heterocycles. The van der Waals surface area contributed by atoms with Crippen LogP contribution in [0.4, 0.5) is 5.69 Å². The lowest BCUT2D eigenvalue weighted by Crippen LogP contribution is -2.41. The van der Waals surface area contributed by atoms with Crippen molar-refractivity contribution in [3.05, 3.63) is 85.4 Å². The van der Waals surface area contributed by atoms with Gasteiger partial charge in [0.15, 0.2) is 11.5 Å². The van der Waals surface area contributed by atoms with E-state index in [2.05, 4.69) is 5.32 Å². The Kier molecular flexibility index (Phi) is 5.26. The molecule has 168 valence electrons. The number of anilines is 1. The van der Waals surface area contributed by atoms with Gasteiger partial charge in [-0.1, -0.05) is 24.3 Å². The minimum atomic E-state index is -0.541. The first-order valence-corrected chi connectivity index (χ1v) is 11.3. The Morgan fingerprint density at radius 2 is 1.79 bits per heavy atom. The zero-order valence-corrected chi connectivity index (χ0v) is 18.9. The second-order valence-corrected chi connectivity index (χ2v) is 8.81. The molecule has 0 fully saturated rings. The number of amides is 1. The standard InChI is InChI=1S/C24H21N3O5S/c1-14-4-3-5-15(2)21(14)25-20(28)12-26-17-8-9-33-22(17)23(29)27(24(26)30)11-16-6-7-18-19(10-16)32-13-31-18/h3-10H,11-13H2,1-2H3,(H,25,28). The fourth-order valence-corrected chi connectivity index (χ4v) is 4.82. The van der Waals surface area contributed by atoms with E-state index < -0.39 is 5.69 Å². The predicted molar refractivity (Wildman–Crippen MR) is 127 cm³/mol. The van der Waals surface area contributed by atoms with E-state index in [0.717, 1.165) is 26.9 Å². The number of para-hydroxylation sites is 1. The molecule has 5 rings (SSSR count). The molecule has 1 aliphatic rings. The smallest absolute Gasteiger partial charge is 0.332 e. The molecule has 0 aliphatic carbocycles. The second kappa shape index (κ2) is 8.25. The molecule has 2 aromatic carbocycles. The highest BCUT2D eigenvalue weighted by Gasteiger charge is 2.19. The lowest BCUT2D eigenvalue weighted by Gasteiger charge is -2.14. The topological polar surface area (TPSA) is 91.6 Å².